The van der Waals surface area contributed by atoms with E-state index < -0.39 is 0 Å². The van der Waals surface area contributed by atoms with Gasteiger partial charge in [-0.05, 0) is 31.9 Å². The zero-order valence-corrected chi connectivity index (χ0v) is 12.1. The lowest BCUT2D eigenvalue weighted by atomic mass is 10.2. The lowest BCUT2D eigenvalue weighted by Crippen LogP contribution is -2.17. The summed E-state index contributed by atoms with van der Waals surface area (Å²) in [6.45, 7) is 3.33. The number of benzene rings is 1. The van der Waals surface area contributed by atoms with Crippen LogP contribution in [-0.2, 0) is 4.74 Å². The first-order chi connectivity index (χ1) is 10.3. The Bertz CT molecular complexity index is 679. The molecule has 0 aliphatic carbocycles. The SMILES string of the molecule is Cc1[nH]n(-c2ccccc2)c(=O)c1C=NC[C@H]1CCCO1. The molecule has 0 amide bonds. The Morgan fingerprint density at radius 1 is 1.43 bits per heavy atom. The molecule has 2 heterocycles. The number of aromatic nitrogens is 2. The Morgan fingerprint density at radius 3 is 2.95 bits per heavy atom. The number of ether oxygens (including phenoxy) is 1. The Hall–Kier alpha value is -2.14. The smallest absolute Gasteiger partial charge is 0.280 e. The third-order valence-corrected chi connectivity index (χ3v) is 3.68. The summed E-state index contributed by atoms with van der Waals surface area (Å²) in [5.74, 6) is 0. The van der Waals surface area contributed by atoms with Gasteiger partial charge in [-0.15, -0.1) is 0 Å². The van der Waals surface area contributed by atoms with Crippen LogP contribution in [0.1, 0.15) is 24.1 Å². The Morgan fingerprint density at radius 2 is 2.24 bits per heavy atom. The van der Waals surface area contributed by atoms with Gasteiger partial charge in [0.15, 0.2) is 0 Å². The molecule has 21 heavy (non-hydrogen) atoms. The van der Waals surface area contributed by atoms with Crippen LogP contribution in [0.15, 0.2) is 40.1 Å². The lowest BCUT2D eigenvalue weighted by molar-refractivity contribution is 0.118. The minimum Gasteiger partial charge on any atom is -0.376 e. The molecule has 110 valence electrons. The highest BCUT2D eigenvalue weighted by Gasteiger charge is 2.15. The highest BCUT2D eigenvalue weighted by atomic mass is 16.5. The van der Waals surface area contributed by atoms with Gasteiger partial charge in [-0.1, -0.05) is 18.2 Å². The van der Waals surface area contributed by atoms with E-state index in [0.29, 0.717) is 12.1 Å². The first kappa shape index (κ1) is 13.8. The number of hydrogen-bond acceptors (Lipinski definition) is 3. The van der Waals surface area contributed by atoms with Crippen molar-refractivity contribution in [2.45, 2.75) is 25.9 Å². The average molecular weight is 285 g/mol. The van der Waals surface area contributed by atoms with Crippen LogP contribution in [0.4, 0.5) is 0 Å². The van der Waals surface area contributed by atoms with Gasteiger partial charge in [0.2, 0.25) is 0 Å². The standard InChI is InChI=1S/C16H19N3O2/c1-12-15(11-17-10-14-8-5-9-21-14)16(20)19(18-12)13-6-3-2-4-7-13/h2-4,6-7,11,14,18H,5,8-10H2,1H3/t14-/m1/s1. The summed E-state index contributed by atoms with van der Waals surface area (Å²) < 4.78 is 7.07. The van der Waals surface area contributed by atoms with Gasteiger partial charge in [-0.25, -0.2) is 4.68 Å². The molecule has 5 nitrogen and oxygen atoms in total. The highest BCUT2D eigenvalue weighted by Crippen LogP contribution is 2.12. The molecule has 1 atom stereocenters. The maximum absolute atomic E-state index is 12.4. The summed E-state index contributed by atoms with van der Waals surface area (Å²) in [6.07, 6.45) is 4.02. The topological polar surface area (TPSA) is 59.4 Å². The molecule has 0 saturated carbocycles. The van der Waals surface area contributed by atoms with Crippen LogP contribution in [0.25, 0.3) is 5.69 Å². The Kier molecular flexibility index (Phi) is 4.01. The van der Waals surface area contributed by atoms with Gasteiger partial charge < -0.3 is 4.74 Å². The molecule has 5 heteroatoms. The first-order valence-electron chi connectivity index (χ1n) is 7.24. The molecule has 1 aliphatic rings. The molecule has 1 N–H and O–H groups in total. The molecule has 1 aromatic heterocycles. The molecule has 1 aromatic carbocycles. The van der Waals surface area contributed by atoms with Crippen molar-refractivity contribution in [1.29, 1.82) is 0 Å². The minimum atomic E-state index is -0.0743. The van der Waals surface area contributed by atoms with E-state index in [2.05, 4.69) is 10.1 Å². The molecule has 0 radical (unpaired) electrons. The van der Waals surface area contributed by atoms with Gasteiger partial charge in [0, 0.05) is 18.5 Å². The van der Waals surface area contributed by atoms with Crippen molar-refractivity contribution in [3.05, 3.63) is 51.9 Å². The van der Waals surface area contributed by atoms with Crippen LogP contribution in [0.5, 0.6) is 0 Å². The van der Waals surface area contributed by atoms with E-state index in [0.717, 1.165) is 30.8 Å². The van der Waals surface area contributed by atoms with Crippen molar-refractivity contribution in [1.82, 2.24) is 9.78 Å². The van der Waals surface area contributed by atoms with Gasteiger partial charge >= 0.3 is 0 Å². The van der Waals surface area contributed by atoms with Crippen molar-refractivity contribution in [3.8, 4) is 5.69 Å². The number of rotatable bonds is 4. The summed E-state index contributed by atoms with van der Waals surface area (Å²) in [7, 11) is 0. The first-order valence-corrected chi connectivity index (χ1v) is 7.24. The van der Waals surface area contributed by atoms with E-state index in [-0.39, 0.29) is 11.7 Å². The number of aliphatic imine (C=N–C) groups is 1. The van der Waals surface area contributed by atoms with Crippen molar-refractivity contribution < 1.29 is 4.74 Å². The summed E-state index contributed by atoms with van der Waals surface area (Å²) in [5, 5.41) is 3.09. The average Bonchev–Trinajstić information content (AvgIpc) is 3.11. The maximum Gasteiger partial charge on any atom is 0.280 e. The number of hydrogen-bond donors (Lipinski definition) is 1. The molecular weight excluding hydrogens is 266 g/mol. The number of nitrogens with one attached hydrogen (secondary N) is 1. The van der Waals surface area contributed by atoms with Crippen LogP contribution in [0.2, 0.25) is 0 Å². The van der Waals surface area contributed by atoms with E-state index in [1.54, 1.807) is 10.9 Å². The van der Waals surface area contributed by atoms with Crippen molar-refractivity contribution >= 4 is 6.21 Å². The van der Waals surface area contributed by atoms with Crippen LogP contribution in [-0.4, -0.2) is 35.3 Å². The third kappa shape index (κ3) is 2.97. The molecular formula is C16H19N3O2. The minimum absolute atomic E-state index is 0.0743. The molecule has 1 fully saturated rings. The Labute approximate surface area is 123 Å². The molecule has 1 aliphatic heterocycles. The number of aromatic amines is 1. The van der Waals surface area contributed by atoms with Gasteiger partial charge in [-0.2, -0.15) is 0 Å². The third-order valence-electron chi connectivity index (χ3n) is 3.68. The fourth-order valence-electron chi connectivity index (χ4n) is 2.52. The van der Waals surface area contributed by atoms with Gasteiger partial charge in [0.05, 0.1) is 23.9 Å². The molecule has 1 saturated heterocycles. The van der Waals surface area contributed by atoms with Crippen LogP contribution in [0.3, 0.4) is 0 Å². The largest absolute Gasteiger partial charge is 0.376 e. The zero-order valence-electron chi connectivity index (χ0n) is 12.1. The second-order valence-corrected chi connectivity index (χ2v) is 5.26. The highest BCUT2D eigenvalue weighted by molar-refractivity contribution is 5.80. The van der Waals surface area contributed by atoms with E-state index in [4.69, 9.17) is 4.74 Å². The summed E-state index contributed by atoms with van der Waals surface area (Å²) in [6, 6.07) is 9.52. The molecule has 0 spiro atoms. The summed E-state index contributed by atoms with van der Waals surface area (Å²) in [5.41, 5.74) is 2.18. The van der Waals surface area contributed by atoms with Crippen molar-refractivity contribution in [3.63, 3.8) is 0 Å². The van der Waals surface area contributed by atoms with E-state index in [1.807, 2.05) is 37.3 Å². The number of aryl methyl sites for hydroxylation is 1. The summed E-state index contributed by atoms with van der Waals surface area (Å²) >= 11 is 0. The van der Waals surface area contributed by atoms with Crippen molar-refractivity contribution in [2.75, 3.05) is 13.2 Å². The number of H-pyrrole nitrogens is 1. The van der Waals surface area contributed by atoms with Gasteiger partial charge in [0.25, 0.3) is 5.56 Å². The molecule has 2 aromatic rings. The number of nitrogens with zero attached hydrogens (tertiary/aromatic N) is 2. The number of para-hydroxylation sites is 1. The van der Waals surface area contributed by atoms with E-state index in [1.165, 1.54) is 0 Å². The van der Waals surface area contributed by atoms with Crippen molar-refractivity contribution in [2.24, 2.45) is 4.99 Å². The molecule has 3 rings (SSSR count). The quantitative estimate of drug-likeness (QED) is 0.874. The summed E-state index contributed by atoms with van der Waals surface area (Å²) in [4.78, 5) is 16.8. The fraction of sp³-hybridized carbons (Fsp3) is 0.375. The van der Waals surface area contributed by atoms with Gasteiger partial charge in [0.1, 0.15) is 0 Å². The van der Waals surface area contributed by atoms with E-state index in [9.17, 15) is 4.79 Å². The lowest BCUT2D eigenvalue weighted by Gasteiger charge is -2.03. The second kappa shape index (κ2) is 6.10. The van der Waals surface area contributed by atoms with Gasteiger partial charge in [-0.3, -0.25) is 14.9 Å². The van der Waals surface area contributed by atoms with Crippen LogP contribution >= 0.6 is 0 Å². The van der Waals surface area contributed by atoms with Crippen LogP contribution < -0.4 is 5.56 Å². The fourth-order valence-corrected chi connectivity index (χ4v) is 2.52. The van der Waals surface area contributed by atoms with Crippen LogP contribution in [0, 0.1) is 6.92 Å². The monoisotopic (exact) mass is 285 g/mol. The zero-order chi connectivity index (χ0) is 14.7. The predicted octanol–water partition coefficient (Wildman–Crippen LogP) is 2.07. The van der Waals surface area contributed by atoms with E-state index >= 15 is 0 Å². The maximum atomic E-state index is 12.4. The normalized spacial score (nSPS) is 18.6. The molecule has 0 bridgehead atoms. The molecule has 0 unspecified atom stereocenters. The predicted molar refractivity (Wildman–Crippen MR) is 82.6 cm³/mol. The second-order valence-electron chi connectivity index (χ2n) is 5.26. The Balaban J connectivity index is 1.81.